The van der Waals surface area contributed by atoms with Crippen molar-refractivity contribution in [3.8, 4) is 0 Å². The molecule has 0 bridgehead atoms. The molecule has 0 saturated heterocycles. The molecule has 0 unspecified atom stereocenters. The van der Waals surface area contributed by atoms with Crippen LogP contribution in [0.15, 0.2) is 88.3 Å². The molecule has 13 heteroatoms. The Morgan fingerprint density at radius 1 is 1.02 bits per heavy atom. The average Bonchev–Trinajstić information content (AvgIpc) is 3.00. The standard InChI is InChI=1S/C33H41N7O5S/c1-22(2)16-30(32(42)36-27(14-15-46(4,44)45)18-25-10-12-26(20-34)13-11-25)40-21-23(3)17-29(33(40)43)37-31(41)28(38-39-35)19-24-8-6-5-7-9-24/h5-15,17,21-22,27-28,30H,16,18-20,34H2,1-4H3,(H,36,42)(H,37,41)/b15-14+/t27-,28+,30+/m1/s1. The maximum Gasteiger partial charge on any atom is 0.275 e. The number of rotatable bonds is 15. The fourth-order valence-electron chi connectivity index (χ4n) is 4.91. The maximum atomic E-state index is 13.9. The van der Waals surface area contributed by atoms with E-state index >= 15 is 0 Å². The summed E-state index contributed by atoms with van der Waals surface area (Å²) in [4.78, 5) is 43.7. The van der Waals surface area contributed by atoms with Crippen LogP contribution in [-0.4, -0.2) is 43.1 Å². The number of carbonyl (C=O) groups is 2. The molecule has 1 heterocycles. The predicted molar refractivity (Wildman–Crippen MR) is 180 cm³/mol. The topological polar surface area (TPSA) is 189 Å². The summed E-state index contributed by atoms with van der Waals surface area (Å²) in [7, 11) is -3.48. The zero-order chi connectivity index (χ0) is 33.9. The molecule has 3 aromatic rings. The van der Waals surface area contributed by atoms with Crippen LogP contribution >= 0.6 is 0 Å². The summed E-state index contributed by atoms with van der Waals surface area (Å²) in [5, 5.41) is 10.2. The summed E-state index contributed by atoms with van der Waals surface area (Å²) in [6, 6.07) is 15.2. The van der Waals surface area contributed by atoms with E-state index in [0.29, 0.717) is 18.5 Å². The van der Waals surface area contributed by atoms with Crippen LogP contribution < -0.4 is 21.9 Å². The number of hydrogen-bond donors (Lipinski definition) is 3. The quantitative estimate of drug-likeness (QED) is 0.125. The molecular formula is C33H41N7O5S. The molecule has 3 rings (SSSR count). The number of nitrogens with zero attached hydrogens (tertiary/aromatic N) is 4. The van der Waals surface area contributed by atoms with E-state index in [1.165, 1.54) is 16.7 Å². The first-order valence-corrected chi connectivity index (χ1v) is 16.8. The third-order valence-electron chi connectivity index (χ3n) is 7.14. The van der Waals surface area contributed by atoms with Crippen molar-refractivity contribution in [3.63, 3.8) is 0 Å². The van der Waals surface area contributed by atoms with Crippen molar-refractivity contribution >= 4 is 27.3 Å². The van der Waals surface area contributed by atoms with Crippen molar-refractivity contribution < 1.29 is 18.0 Å². The van der Waals surface area contributed by atoms with Gasteiger partial charge in [0.25, 0.3) is 5.56 Å². The first-order chi connectivity index (χ1) is 21.8. The number of aromatic nitrogens is 1. The minimum Gasteiger partial charge on any atom is -0.348 e. The number of sulfone groups is 1. The van der Waals surface area contributed by atoms with Gasteiger partial charge in [-0.05, 0) is 66.0 Å². The van der Waals surface area contributed by atoms with Gasteiger partial charge in [0.15, 0.2) is 9.84 Å². The monoisotopic (exact) mass is 647 g/mol. The third-order valence-corrected chi connectivity index (χ3v) is 7.79. The molecule has 1 aromatic heterocycles. The van der Waals surface area contributed by atoms with Crippen molar-refractivity contribution in [1.82, 2.24) is 9.88 Å². The predicted octanol–water partition coefficient (Wildman–Crippen LogP) is 4.35. The fourth-order valence-corrected chi connectivity index (χ4v) is 5.38. The number of aryl methyl sites for hydroxylation is 1. The molecule has 2 aromatic carbocycles. The van der Waals surface area contributed by atoms with Crippen LogP contribution in [0, 0.1) is 12.8 Å². The van der Waals surface area contributed by atoms with Crippen molar-refractivity contribution in [2.24, 2.45) is 16.8 Å². The Morgan fingerprint density at radius 2 is 1.65 bits per heavy atom. The molecule has 0 fully saturated rings. The van der Waals surface area contributed by atoms with Gasteiger partial charge in [-0.1, -0.05) is 79.6 Å². The lowest BCUT2D eigenvalue weighted by Gasteiger charge is -2.25. The van der Waals surface area contributed by atoms with E-state index in [0.717, 1.165) is 28.4 Å². The van der Waals surface area contributed by atoms with Crippen molar-refractivity contribution in [2.75, 3.05) is 11.6 Å². The number of carbonyl (C=O) groups excluding carboxylic acids is 2. The summed E-state index contributed by atoms with van der Waals surface area (Å²) in [6.07, 6.45) is 4.74. The molecule has 0 aliphatic carbocycles. The number of nitrogens with two attached hydrogens (primary N) is 1. The lowest BCUT2D eigenvalue weighted by molar-refractivity contribution is -0.125. The van der Waals surface area contributed by atoms with Gasteiger partial charge in [0.05, 0.1) is 6.04 Å². The lowest BCUT2D eigenvalue weighted by atomic mass is 10.0. The van der Waals surface area contributed by atoms with Crippen LogP contribution in [0.1, 0.15) is 48.6 Å². The Hall–Kier alpha value is -4.71. The van der Waals surface area contributed by atoms with E-state index in [1.54, 1.807) is 37.4 Å². The second-order valence-corrected chi connectivity index (χ2v) is 13.6. The number of benzene rings is 2. The Kier molecular flexibility index (Phi) is 12.9. The smallest absolute Gasteiger partial charge is 0.275 e. The number of amides is 2. The number of nitrogens with one attached hydrogen (secondary N) is 2. The van der Waals surface area contributed by atoms with Gasteiger partial charge in [-0.3, -0.25) is 14.4 Å². The second-order valence-electron chi connectivity index (χ2n) is 11.7. The number of azide groups is 1. The average molecular weight is 648 g/mol. The molecule has 0 spiro atoms. The van der Waals surface area contributed by atoms with Gasteiger partial charge >= 0.3 is 0 Å². The minimum atomic E-state index is -3.48. The molecular weight excluding hydrogens is 606 g/mol. The molecule has 0 saturated carbocycles. The molecule has 12 nitrogen and oxygen atoms in total. The van der Waals surface area contributed by atoms with Crippen LogP contribution in [0.2, 0.25) is 0 Å². The van der Waals surface area contributed by atoms with E-state index in [1.807, 2.05) is 44.2 Å². The first kappa shape index (κ1) is 35.8. The van der Waals surface area contributed by atoms with Gasteiger partial charge in [-0.15, -0.1) is 0 Å². The molecule has 2 amide bonds. The van der Waals surface area contributed by atoms with E-state index in [-0.39, 0.29) is 24.4 Å². The van der Waals surface area contributed by atoms with E-state index in [4.69, 9.17) is 11.3 Å². The van der Waals surface area contributed by atoms with Gasteiger partial charge in [-0.2, -0.15) is 0 Å². The Bertz CT molecular complexity index is 1750. The highest BCUT2D eigenvalue weighted by Gasteiger charge is 2.27. The van der Waals surface area contributed by atoms with Gasteiger partial charge in [0, 0.05) is 29.3 Å². The zero-order valence-corrected chi connectivity index (χ0v) is 27.3. The first-order valence-electron chi connectivity index (χ1n) is 14.9. The van der Waals surface area contributed by atoms with Crippen molar-refractivity contribution in [3.05, 3.63) is 121 Å². The van der Waals surface area contributed by atoms with Crippen LogP contribution in [0.4, 0.5) is 5.69 Å². The van der Waals surface area contributed by atoms with Gasteiger partial charge in [0.2, 0.25) is 11.8 Å². The van der Waals surface area contributed by atoms with Crippen LogP contribution in [0.5, 0.6) is 0 Å². The molecule has 3 atom stereocenters. The van der Waals surface area contributed by atoms with Gasteiger partial charge in [-0.25, -0.2) is 8.42 Å². The summed E-state index contributed by atoms with van der Waals surface area (Å²) in [5.41, 5.74) is 17.3. The summed E-state index contributed by atoms with van der Waals surface area (Å²) in [6.45, 7) is 5.93. The van der Waals surface area contributed by atoms with E-state index in [9.17, 15) is 22.8 Å². The molecule has 244 valence electrons. The van der Waals surface area contributed by atoms with Gasteiger partial charge < -0.3 is 20.9 Å². The number of anilines is 1. The number of pyridine rings is 1. The van der Waals surface area contributed by atoms with E-state index < -0.39 is 45.3 Å². The highest BCUT2D eigenvalue weighted by molar-refractivity contribution is 7.93. The molecule has 0 radical (unpaired) electrons. The van der Waals surface area contributed by atoms with Crippen molar-refractivity contribution in [2.45, 2.75) is 64.7 Å². The highest BCUT2D eigenvalue weighted by Crippen LogP contribution is 2.20. The molecule has 0 aliphatic heterocycles. The second kappa shape index (κ2) is 16.6. The zero-order valence-electron chi connectivity index (χ0n) is 26.5. The largest absolute Gasteiger partial charge is 0.348 e. The Morgan fingerprint density at radius 3 is 2.24 bits per heavy atom. The SMILES string of the molecule is Cc1cc(NC(=O)[C@H](Cc2ccccc2)N=[N+]=[N-])c(=O)n([C@@H](CC(C)C)C(=O)N[C@H](/C=C/S(C)(=O)=O)Cc2ccc(CN)cc2)c1. The van der Waals surface area contributed by atoms with Crippen LogP contribution in [0.25, 0.3) is 10.4 Å². The highest BCUT2D eigenvalue weighted by atomic mass is 32.2. The summed E-state index contributed by atoms with van der Waals surface area (Å²) >= 11 is 0. The van der Waals surface area contributed by atoms with Gasteiger partial charge in [0.1, 0.15) is 17.8 Å². The minimum absolute atomic E-state index is 0.00441. The Labute approximate surface area is 269 Å². The van der Waals surface area contributed by atoms with Crippen LogP contribution in [-0.2, 0) is 38.8 Å². The summed E-state index contributed by atoms with van der Waals surface area (Å²) < 4.78 is 25.2. The molecule has 4 N–H and O–H groups in total. The third kappa shape index (κ3) is 11.0. The number of hydrogen-bond acceptors (Lipinski definition) is 7. The Balaban J connectivity index is 1.94. The molecule has 46 heavy (non-hydrogen) atoms. The normalized spacial score (nSPS) is 13.5. The van der Waals surface area contributed by atoms with E-state index in [2.05, 4.69) is 20.7 Å². The van der Waals surface area contributed by atoms with Crippen LogP contribution in [0.3, 0.4) is 0 Å². The lowest BCUT2D eigenvalue weighted by Crippen LogP contribution is -2.43. The fraction of sp³-hybridized carbons (Fsp3) is 0.364. The van der Waals surface area contributed by atoms with Crippen molar-refractivity contribution in [1.29, 1.82) is 0 Å². The summed E-state index contributed by atoms with van der Waals surface area (Å²) in [5.74, 6) is -1.15. The maximum absolute atomic E-state index is 13.9. The molecule has 0 aliphatic rings.